The molecule has 1 unspecified atom stereocenters. The van der Waals surface area contributed by atoms with E-state index < -0.39 is 5.60 Å². The first-order chi connectivity index (χ1) is 5.67. The van der Waals surface area contributed by atoms with Gasteiger partial charge in [-0.3, -0.25) is 0 Å². The zero-order valence-corrected chi connectivity index (χ0v) is 8.75. The Morgan fingerprint density at radius 3 is 2.31 bits per heavy atom. The molecule has 0 aliphatic carbocycles. The van der Waals surface area contributed by atoms with Crippen molar-refractivity contribution in [1.29, 1.82) is 0 Å². The summed E-state index contributed by atoms with van der Waals surface area (Å²) >= 11 is 0. The summed E-state index contributed by atoms with van der Waals surface area (Å²) in [5, 5.41) is 11.9. The first-order valence-corrected chi connectivity index (χ1v) is 4.22. The van der Waals surface area contributed by atoms with Crippen molar-refractivity contribution in [3.8, 4) is 0 Å². The molecule has 0 heterocycles. The van der Waals surface area contributed by atoms with E-state index in [4.69, 9.17) is 0 Å². The highest BCUT2D eigenvalue weighted by atomic mass is 35.5. The van der Waals surface area contributed by atoms with Crippen molar-refractivity contribution in [3.05, 3.63) is 35.9 Å². The highest BCUT2D eigenvalue weighted by Crippen LogP contribution is 2.17. The number of benzene rings is 1. The molecular formula is C10H16ClNO. The molecule has 0 radical (unpaired) electrons. The van der Waals surface area contributed by atoms with Crippen molar-refractivity contribution in [2.75, 3.05) is 13.6 Å². The van der Waals surface area contributed by atoms with Gasteiger partial charge in [0.2, 0.25) is 0 Å². The third kappa shape index (κ3) is 3.35. The number of halogens is 1. The molecule has 3 heteroatoms. The Balaban J connectivity index is 0.00000144. The predicted molar refractivity (Wildman–Crippen MR) is 48.7 cm³/mol. The fraction of sp³-hybridized carbons (Fsp3) is 0.400. The summed E-state index contributed by atoms with van der Waals surface area (Å²) in [5.74, 6) is 0. The Hall–Kier alpha value is -0.570. The van der Waals surface area contributed by atoms with Crippen LogP contribution < -0.4 is 17.7 Å². The van der Waals surface area contributed by atoms with Gasteiger partial charge in [0.25, 0.3) is 0 Å². The fourth-order valence-electron chi connectivity index (χ4n) is 1.31. The van der Waals surface area contributed by atoms with Gasteiger partial charge in [0.1, 0.15) is 12.1 Å². The SMILES string of the molecule is C[NH2+]CC(C)(O)c1ccccc1.[Cl-]. The van der Waals surface area contributed by atoms with E-state index in [-0.39, 0.29) is 12.4 Å². The van der Waals surface area contributed by atoms with E-state index >= 15 is 0 Å². The summed E-state index contributed by atoms with van der Waals surface area (Å²) in [6, 6.07) is 9.74. The number of nitrogens with two attached hydrogens (primary N) is 1. The van der Waals surface area contributed by atoms with Crippen LogP contribution in [-0.4, -0.2) is 18.7 Å². The quantitative estimate of drug-likeness (QED) is 0.541. The van der Waals surface area contributed by atoms with Crippen LogP contribution in [-0.2, 0) is 5.60 Å². The molecule has 0 saturated heterocycles. The van der Waals surface area contributed by atoms with Gasteiger partial charge in [0.05, 0.1) is 7.05 Å². The second-order valence-corrected chi connectivity index (χ2v) is 3.25. The first kappa shape index (κ1) is 12.4. The molecule has 0 aliphatic rings. The number of quaternary nitrogens is 1. The minimum Gasteiger partial charge on any atom is -1.00 e. The van der Waals surface area contributed by atoms with Crippen LogP contribution in [0.5, 0.6) is 0 Å². The van der Waals surface area contributed by atoms with E-state index in [1.54, 1.807) is 0 Å². The molecule has 0 aromatic heterocycles. The highest BCUT2D eigenvalue weighted by Gasteiger charge is 2.23. The number of aliphatic hydroxyl groups is 1. The summed E-state index contributed by atoms with van der Waals surface area (Å²) in [5.41, 5.74) is 0.263. The van der Waals surface area contributed by atoms with Gasteiger partial charge in [-0.2, -0.15) is 0 Å². The second kappa shape index (κ2) is 5.22. The van der Waals surface area contributed by atoms with Gasteiger partial charge >= 0.3 is 0 Å². The van der Waals surface area contributed by atoms with Crippen molar-refractivity contribution in [2.24, 2.45) is 0 Å². The lowest BCUT2D eigenvalue weighted by atomic mass is 9.96. The molecule has 0 saturated carbocycles. The lowest BCUT2D eigenvalue weighted by Crippen LogP contribution is -3.00. The van der Waals surface area contributed by atoms with Crippen molar-refractivity contribution in [2.45, 2.75) is 12.5 Å². The normalized spacial score (nSPS) is 14.4. The minimum absolute atomic E-state index is 0. The summed E-state index contributed by atoms with van der Waals surface area (Å²) in [7, 11) is 1.96. The van der Waals surface area contributed by atoms with Crippen LogP contribution in [0.15, 0.2) is 30.3 Å². The largest absolute Gasteiger partial charge is 1.00 e. The number of likely N-dealkylation sites (N-methyl/N-ethyl adjacent to an activating group) is 1. The molecule has 74 valence electrons. The van der Waals surface area contributed by atoms with Gasteiger partial charge in [0.15, 0.2) is 0 Å². The van der Waals surface area contributed by atoms with Crippen molar-refractivity contribution < 1.29 is 22.8 Å². The van der Waals surface area contributed by atoms with Crippen LogP contribution in [0.4, 0.5) is 0 Å². The Kier molecular flexibility index (Phi) is 4.99. The molecule has 0 amide bonds. The maximum Gasteiger partial charge on any atom is 0.135 e. The summed E-state index contributed by atoms with van der Waals surface area (Å²) in [6.07, 6.45) is 0. The number of hydrogen-bond donors (Lipinski definition) is 2. The molecule has 0 aliphatic heterocycles. The van der Waals surface area contributed by atoms with Crippen LogP contribution in [0, 0.1) is 0 Å². The predicted octanol–water partition coefficient (Wildman–Crippen LogP) is -2.91. The monoisotopic (exact) mass is 201 g/mol. The van der Waals surface area contributed by atoms with Crippen molar-refractivity contribution in [1.82, 2.24) is 0 Å². The van der Waals surface area contributed by atoms with Crippen LogP contribution >= 0.6 is 0 Å². The molecular weight excluding hydrogens is 186 g/mol. The van der Waals surface area contributed by atoms with Crippen molar-refractivity contribution in [3.63, 3.8) is 0 Å². The van der Waals surface area contributed by atoms with Gasteiger partial charge in [0, 0.05) is 0 Å². The van der Waals surface area contributed by atoms with Crippen molar-refractivity contribution >= 4 is 0 Å². The van der Waals surface area contributed by atoms with Gasteiger partial charge in [-0.1, -0.05) is 30.3 Å². The minimum atomic E-state index is -0.712. The van der Waals surface area contributed by atoms with Gasteiger partial charge in [-0.05, 0) is 12.5 Å². The number of hydrogen-bond acceptors (Lipinski definition) is 1. The molecule has 0 spiro atoms. The maximum atomic E-state index is 9.95. The van der Waals surface area contributed by atoms with Crippen LogP contribution in [0.3, 0.4) is 0 Å². The highest BCUT2D eigenvalue weighted by molar-refractivity contribution is 5.21. The van der Waals surface area contributed by atoms with E-state index in [1.807, 2.05) is 49.6 Å². The standard InChI is InChI=1S/C10H15NO.ClH/c1-10(12,8-11-2)9-6-4-3-5-7-9;/h3-7,11-12H,8H2,1-2H3;1H. The van der Waals surface area contributed by atoms with E-state index in [0.29, 0.717) is 6.54 Å². The average molecular weight is 202 g/mol. The lowest BCUT2D eigenvalue weighted by molar-refractivity contribution is -0.641. The Labute approximate surface area is 85.4 Å². The van der Waals surface area contributed by atoms with E-state index in [0.717, 1.165) is 5.56 Å². The summed E-state index contributed by atoms with van der Waals surface area (Å²) in [6.45, 7) is 2.53. The first-order valence-electron chi connectivity index (χ1n) is 4.22. The second-order valence-electron chi connectivity index (χ2n) is 3.25. The summed E-state index contributed by atoms with van der Waals surface area (Å²) in [4.78, 5) is 0. The Morgan fingerprint density at radius 1 is 1.31 bits per heavy atom. The van der Waals surface area contributed by atoms with Crippen LogP contribution in [0.2, 0.25) is 0 Å². The van der Waals surface area contributed by atoms with Crippen LogP contribution in [0.25, 0.3) is 0 Å². The maximum absolute atomic E-state index is 9.95. The number of rotatable bonds is 3. The molecule has 2 nitrogen and oxygen atoms in total. The van der Waals surface area contributed by atoms with Gasteiger partial charge in [-0.25, -0.2) is 0 Å². The van der Waals surface area contributed by atoms with E-state index in [1.165, 1.54) is 0 Å². The molecule has 0 bridgehead atoms. The average Bonchev–Trinajstić information content (AvgIpc) is 2.06. The third-order valence-electron chi connectivity index (χ3n) is 2.00. The third-order valence-corrected chi connectivity index (χ3v) is 2.00. The smallest absolute Gasteiger partial charge is 0.135 e. The van der Waals surface area contributed by atoms with Crippen LogP contribution in [0.1, 0.15) is 12.5 Å². The zero-order chi connectivity index (χ0) is 9.03. The van der Waals surface area contributed by atoms with E-state index in [2.05, 4.69) is 0 Å². The molecule has 13 heavy (non-hydrogen) atoms. The topological polar surface area (TPSA) is 36.8 Å². The van der Waals surface area contributed by atoms with Gasteiger partial charge in [-0.15, -0.1) is 0 Å². The molecule has 1 aromatic carbocycles. The molecule has 0 fully saturated rings. The molecule has 1 atom stereocenters. The fourth-order valence-corrected chi connectivity index (χ4v) is 1.31. The van der Waals surface area contributed by atoms with E-state index in [9.17, 15) is 5.11 Å². The summed E-state index contributed by atoms with van der Waals surface area (Å²) < 4.78 is 0. The molecule has 1 rings (SSSR count). The molecule has 1 aromatic rings. The molecule has 3 N–H and O–H groups in total. The van der Waals surface area contributed by atoms with Gasteiger partial charge < -0.3 is 22.8 Å². The lowest BCUT2D eigenvalue weighted by Gasteiger charge is -2.20. The zero-order valence-electron chi connectivity index (χ0n) is 8.00. The Bertz CT molecular complexity index is 236. The Morgan fingerprint density at radius 2 is 1.85 bits per heavy atom.